The first-order chi connectivity index (χ1) is 12.1. The van der Waals surface area contributed by atoms with Crippen LogP contribution in [0, 0.1) is 6.92 Å². The number of nitrogens with one attached hydrogen (secondary N) is 1. The van der Waals surface area contributed by atoms with Gasteiger partial charge in [0.1, 0.15) is 5.82 Å². The van der Waals surface area contributed by atoms with E-state index in [1.165, 1.54) is 0 Å². The van der Waals surface area contributed by atoms with E-state index in [1.54, 1.807) is 7.11 Å². The molecule has 25 heavy (non-hydrogen) atoms. The highest BCUT2D eigenvalue weighted by Gasteiger charge is 2.17. The number of aryl methyl sites for hydroxylation is 1. The molecule has 3 N–H and O–H groups in total. The normalized spacial score (nSPS) is 12.0. The first-order valence-electron chi connectivity index (χ1n) is 8.18. The van der Waals surface area contributed by atoms with Crippen molar-refractivity contribution in [1.29, 1.82) is 0 Å². The fraction of sp³-hybridized carbons (Fsp3) is 0.263. The van der Waals surface area contributed by atoms with Gasteiger partial charge in [0.15, 0.2) is 17.3 Å². The maximum atomic E-state index is 6.36. The van der Waals surface area contributed by atoms with Gasteiger partial charge in [-0.25, -0.2) is 4.98 Å². The molecular formula is C19H22N4O2. The Morgan fingerprint density at radius 2 is 1.96 bits per heavy atom. The lowest BCUT2D eigenvalue weighted by atomic mass is 10.1. The molecule has 0 unspecified atom stereocenters. The molecule has 0 spiro atoms. The average Bonchev–Trinajstić information content (AvgIpc) is 3.12. The molecule has 2 aromatic carbocycles. The molecular weight excluding hydrogens is 316 g/mol. The van der Waals surface area contributed by atoms with Gasteiger partial charge >= 0.3 is 0 Å². The maximum Gasteiger partial charge on any atom is 0.181 e. The van der Waals surface area contributed by atoms with Crippen LogP contribution in [-0.4, -0.2) is 28.9 Å². The number of nitrogens with zero attached hydrogens (tertiary/aromatic N) is 2. The highest BCUT2D eigenvalue weighted by Crippen LogP contribution is 2.31. The van der Waals surface area contributed by atoms with Crippen LogP contribution in [0.15, 0.2) is 42.5 Å². The summed E-state index contributed by atoms with van der Waals surface area (Å²) in [6, 6.07) is 13.2. The number of nitrogens with two attached hydrogens (primary N) is 1. The Hall–Kier alpha value is -2.86. The molecule has 0 fully saturated rings. The third-order valence-corrected chi connectivity index (χ3v) is 4.03. The van der Waals surface area contributed by atoms with Crippen molar-refractivity contribution in [3.05, 3.63) is 59.4 Å². The molecule has 130 valence electrons. The van der Waals surface area contributed by atoms with Crippen molar-refractivity contribution >= 4 is 0 Å². The third-order valence-electron chi connectivity index (χ3n) is 4.03. The Balaban J connectivity index is 1.89. The van der Waals surface area contributed by atoms with Gasteiger partial charge in [-0.2, -0.15) is 5.10 Å². The Morgan fingerprint density at radius 1 is 1.16 bits per heavy atom. The minimum absolute atomic E-state index is 0.435. The molecule has 6 nitrogen and oxygen atoms in total. The van der Waals surface area contributed by atoms with Gasteiger partial charge in [0.2, 0.25) is 0 Å². The zero-order chi connectivity index (χ0) is 17.8. The lowest BCUT2D eigenvalue weighted by molar-refractivity contribution is 0.310. The van der Waals surface area contributed by atoms with Crippen LogP contribution in [-0.2, 0) is 0 Å². The van der Waals surface area contributed by atoms with Gasteiger partial charge in [-0.15, -0.1) is 0 Å². The molecule has 1 heterocycles. The lowest BCUT2D eigenvalue weighted by Gasteiger charge is -2.13. The number of rotatable bonds is 6. The fourth-order valence-electron chi connectivity index (χ4n) is 2.67. The number of aromatic nitrogens is 3. The minimum atomic E-state index is -0.435. The summed E-state index contributed by atoms with van der Waals surface area (Å²) in [4.78, 5) is 4.57. The second-order valence-corrected chi connectivity index (χ2v) is 5.68. The van der Waals surface area contributed by atoms with Crippen LogP contribution >= 0.6 is 0 Å². The molecule has 0 saturated carbocycles. The Kier molecular flexibility index (Phi) is 5.00. The van der Waals surface area contributed by atoms with E-state index in [-0.39, 0.29) is 0 Å². The molecule has 3 aromatic rings. The zero-order valence-corrected chi connectivity index (χ0v) is 14.6. The predicted octanol–water partition coefficient (Wildman–Crippen LogP) is 3.24. The third kappa shape index (κ3) is 3.49. The largest absolute Gasteiger partial charge is 0.493 e. The lowest BCUT2D eigenvalue weighted by Crippen LogP contribution is -2.14. The zero-order valence-electron chi connectivity index (χ0n) is 14.6. The van der Waals surface area contributed by atoms with E-state index in [4.69, 9.17) is 15.2 Å². The second-order valence-electron chi connectivity index (χ2n) is 5.68. The van der Waals surface area contributed by atoms with Crippen LogP contribution in [0.4, 0.5) is 0 Å². The molecule has 0 bridgehead atoms. The second kappa shape index (κ2) is 7.36. The van der Waals surface area contributed by atoms with Crippen molar-refractivity contribution in [3.8, 4) is 22.9 Å². The summed E-state index contributed by atoms with van der Waals surface area (Å²) in [7, 11) is 1.61. The Labute approximate surface area is 147 Å². The smallest absolute Gasteiger partial charge is 0.181 e. The highest BCUT2D eigenvalue weighted by atomic mass is 16.5. The van der Waals surface area contributed by atoms with Crippen molar-refractivity contribution in [2.75, 3.05) is 13.7 Å². The van der Waals surface area contributed by atoms with Gasteiger partial charge in [-0.3, -0.25) is 5.10 Å². The topological polar surface area (TPSA) is 86.0 Å². The van der Waals surface area contributed by atoms with Crippen molar-refractivity contribution in [1.82, 2.24) is 15.2 Å². The van der Waals surface area contributed by atoms with E-state index in [0.29, 0.717) is 29.8 Å². The van der Waals surface area contributed by atoms with Crippen molar-refractivity contribution in [2.24, 2.45) is 5.73 Å². The Bertz CT molecular complexity index is 860. The molecule has 1 atom stereocenters. The summed E-state index contributed by atoms with van der Waals surface area (Å²) >= 11 is 0. The van der Waals surface area contributed by atoms with Gasteiger partial charge < -0.3 is 15.2 Å². The number of ether oxygens (including phenoxy) is 2. The summed E-state index contributed by atoms with van der Waals surface area (Å²) in [5.41, 5.74) is 9.33. The summed E-state index contributed by atoms with van der Waals surface area (Å²) in [6.07, 6.45) is 0. The number of H-pyrrole nitrogens is 1. The summed E-state index contributed by atoms with van der Waals surface area (Å²) < 4.78 is 10.9. The molecule has 0 radical (unpaired) electrons. The van der Waals surface area contributed by atoms with E-state index in [2.05, 4.69) is 15.2 Å². The standard InChI is InChI=1S/C19H22N4O2/c1-4-25-15-10-9-13(11-16(15)24-3)17(20)19-21-18(22-23-19)14-8-6-5-7-12(14)2/h5-11,17H,4,20H2,1-3H3,(H,21,22,23)/t17-/m1/s1. The number of aromatic amines is 1. The molecule has 0 aliphatic carbocycles. The molecule has 0 aliphatic heterocycles. The summed E-state index contributed by atoms with van der Waals surface area (Å²) in [5.74, 6) is 2.58. The minimum Gasteiger partial charge on any atom is -0.493 e. The van der Waals surface area contributed by atoms with E-state index in [1.807, 2.05) is 56.3 Å². The molecule has 6 heteroatoms. The van der Waals surface area contributed by atoms with Crippen LogP contribution in [0.2, 0.25) is 0 Å². The number of methoxy groups -OCH3 is 1. The van der Waals surface area contributed by atoms with Crippen LogP contribution in [0.1, 0.15) is 29.9 Å². The number of hydrogen-bond donors (Lipinski definition) is 2. The monoisotopic (exact) mass is 338 g/mol. The van der Waals surface area contributed by atoms with Crippen LogP contribution < -0.4 is 15.2 Å². The van der Waals surface area contributed by atoms with Gasteiger partial charge in [-0.1, -0.05) is 30.3 Å². The number of benzene rings is 2. The van der Waals surface area contributed by atoms with Crippen molar-refractivity contribution in [2.45, 2.75) is 19.9 Å². The van der Waals surface area contributed by atoms with Crippen molar-refractivity contribution in [3.63, 3.8) is 0 Å². The van der Waals surface area contributed by atoms with Gasteiger partial charge in [-0.05, 0) is 37.1 Å². The van der Waals surface area contributed by atoms with E-state index in [9.17, 15) is 0 Å². The number of hydrogen-bond acceptors (Lipinski definition) is 5. The average molecular weight is 338 g/mol. The first kappa shape index (κ1) is 17.0. The van der Waals surface area contributed by atoms with E-state index >= 15 is 0 Å². The van der Waals surface area contributed by atoms with Crippen LogP contribution in [0.25, 0.3) is 11.4 Å². The quantitative estimate of drug-likeness (QED) is 0.720. The van der Waals surface area contributed by atoms with E-state index < -0.39 is 6.04 Å². The predicted molar refractivity (Wildman–Crippen MR) is 96.7 cm³/mol. The molecule has 1 aromatic heterocycles. The Morgan fingerprint density at radius 3 is 2.68 bits per heavy atom. The summed E-state index contributed by atoms with van der Waals surface area (Å²) in [5, 5.41) is 7.26. The molecule has 0 saturated heterocycles. The van der Waals surface area contributed by atoms with Crippen molar-refractivity contribution < 1.29 is 9.47 Å². The van der Waals surface area contributed by atoms with Gasteiger partial charge in [0.25, 0.3) is 0 Å². The first-order valence-corrected chi connectivity index (χ1v) is 8.18. The molecule has 3 rings (SSSR count). The van der Waals surface area contributed by atoms with Crippen LogP contribution in [0.3, 0.4) is 0 Å². The molecule has 0 aliphatic rings. The summed E-state index contributed by atoms with van der Waals surface area (Å²) in [6.45, 7) is 4.53. The van der Waals surface area contributed by atoms with Gasteiger partial charge in [0.05, 0.1) is 19.8 Å². The van der Waals surface area contributed by atoms with E-state index in [0.717, 1.165) is 16.7 Å². The molecule has 0 amide bonds. The highest BCUT2D eigenvalue weighted by molar-refractivity contribution is 5.59. The van der Waals surface area contributed by atoms with Crippen LogP contribution in [0.5, 0.6) is 11.5 Å². The fourth-order valence-corrected chi connectivity index (χ4v) is 2.67. The van der Waals surface area contributed by atoms with Gasteiger partial charge in [0, 0.05) is 5.56 Å². The SMILES string of the molecule is CCOc1ccc([C@@H](N)c2nc(-c3ccccc3C)n[nH]2)cc1OC. The maximum absolute atomic E-state index is 6.36.